The molecule has 0 bridgehead atoms. The Labute approximate surface area is 134 Å². The van der Waals surface area contributed by atoms with Gasteiger partial charge in [0.05, 0.1) is 0 Å². The SMILES string of the molecule is CCC(C)(C)C1CCC(NCC(CC(C)C)N(C)C)CC1. The third-order valence-electron chi connectivity index (χ3n) is 5.86. The summed E-state index contributed by atoms with van der Waals surface area (Å²) in [6.45, 7) is 13.1. The van der Waals surface area contributed by atoms with Crippen LogP contribution in [0.1, 0.15) is 73.1 Å². The first-order valence-corrected chi connectivity index (χ1v) is 9.16. The Morgan fingerprint density at radius 3 is 2.10 bits per heavy atom. The molecule has 0 radical (unpaired) electrons. The van der Waals surface area contributed by atoms with E-state index in [1.807, 2.05) is 0 Å². The van der Waals surface area contributed by atoms with E-state index in [2.05, 4.69) is 58.9 Å². The van der Waals surface area contributed by atoms with E-state index < -0.39 is 0 Å². The van der Waals surface area contributed by atoms with Crippen LogP contribution in [-0.2, 0) is 0 Å². The highest BCUT2D eigenvalue weighted by atomic mass is 15.1. The van der Waals surface area contributed by atoms with Crippen molar-refractivity contribution in [3.8, 4) is 0 Å². The van der Waals surface area contributed by atoms with E-state index in [-0.39, 0.29) is 0 Å². The Hall–Kier alpha value is -0.0800. The second-order valence-corrected chi connectivity index (χ2v) is 8.55. The molecule has 126 valence electrons. The van der Waals surface area contributed by atoms with Crippen molar-refractivity contribution in [2.75, 3.05) is 20.6 Å². The summed E-state index contributed by atoms with van der Waals surface area (Å²) in [7, 11) is 4.44. The average Bonchev–Trinajstić information content (AvgIpc) is 2.43. The van der Waals surface area contributed by atoms with E-state index in [1.54, 1.807) is 0 Å². The summed E-state index contributed by atoms with van der Waals surface area (Å²) in [4.78, 5) is 2.39. The summed E-state index contributed by atoms with van der Waals surface area (Å²) in [5.74, 6) is 1.71. The molecule has 0 spiro atoms. The molecule has 2 nitrogen and oxygen atoms in total. The molecule has 0 aliphatic heterocycles. The molecule has 0 saturated heterocycles. The fourth-order valence-electron chi connectivity index (χ4n) is 3.69. The molecule has 1 saturated carbocycles. The molecule has 2 heteroatoms. The second-order valence-electron chi connectivity index (χ2n) is 8.55. The number of likely N-dealkylation sites (N-methyl/N-ethyl adjacent to an activating group) is 1. The molecular formula is C19H40N2. The molecular weight excluding hydrogens is 256 g/mol. The van der Waals surface area contributed by atoms with Gasteiger partial charge in [-0.05, 0) is 63.5 Å². The van der Waals surface area contributed by atoms with Gasteiger partial charge in [0.2, 0.25) is 0 Å². The van der Waals surface area contributed by atoms with Crippen LogP contribution < -0.4 is 5.32 Å². The number of nitrogens with zero attached hydrogens (tertiary/aromatic N) is 1. The molecule has 0 aromatic rings. The largest absolute Gasteiger partial charge is 0.312 e. The van der Waals surface area contributed by atoms with Crippen molar-refractivity contribution in [2.24, 2.45) is 17.3 Å². The maximum absolute atomic E-state index is 3.86. The highest BCUT2D eigenvalue weighted by Crippen LogP contribution is 2.40. The Balaban J connectivity index is 2.35. The molecule has 1 N–H and O–H groups in total. The van der Waals surface area contributed by atoms with Crippen molar-refractivity contribution in [1.29, 1.82) is 0 Å². The van der Waals surface area contributed by atoms with Gasteiger partial charge in [0.25, 0.3) is 0 Å². The fourth-order valence-corrected chi connectivity index (χ4v) is 3.69. The molecule has 0 heterocycles. The summed E-state index contributed by atoms with van der Waals surface area (Å²) in [5.41, 5.74) is 0.536. The zero-order chi connectivity index (χ0) is 16.0. The van der Waals surface area contributed by atoms with Crippen LogP contribution in [-0.4, -0.2) is 37.6 Å². The van der Waals surface area contributed by atoms with Crippen molar-refractivity contribution in [1.82, 2.24) is 10.2 Å². The van der Waals surface area contributed by atoms with Crippen LogP contribution in [0.3, 0.4) is 0 Å². The van der Waals surface area contributed by atoms with Crippen LogP contribution in [0, 0.1) is 17.3 Å². The van der Waals surface area contributed by atoms with Gasteiger partial charge in [0, 0.05) is 18.6 Å². The lowest BCUT2D eigenvalue weighted by atomic mass is 9.69. The average molecular weight is 297 g/mol. The minimum absolute atomic E-state index is 0.536. The molecule has 1 unspecified atom stereocenters. The Morgan fingerprint density at radius 1 is 1.10 bits per heavy atom. The Morgan fingerprint density at radius 2 is 1.67 bits per heavy atom. The Kier molecular flexibility index (Phi) is 7.70. The molecule has 1 aliphatic carbocycles. The quantitative estimate of drug-likeness (QED) is 0.707. The van der Waals surface area contributed by atoms with Gasteiger partial charge in [-0.3, -0.25) is 0 Å². The van der Waals surface area contributed by atoms with E-state index in [4.69, 9.17) is 0 Å². The van der Waals surface area contributed by atoms with Gasteiger partial charge in [0.1, 0.15) is 0 Å². The molecule has 0 amide bonds. The lowest BCUT2D eigenvalue weighted by molar-refractivity contribution is 0.133. The topological polar surface area (TPSA) is 15.3 Å². The van der Waals surface area contributed by atoms with Crippen molar-refractivity contribution < 1.29 is 0 Å². The van der Waals surface area contributed by atoms with Crippen molar-refractivity contribution >= 4 is 0 Å². The summed E-state index contributed by atoms with van der Waals surface area (Å²) >= 11 is 0. The summed E-state index contributed by atoms with van der Waals surface area (Å²) < 4.78 is 0. The van der Waals surface area contributed by atoms with Gasteiger partial charge in [0.15, 0.2) is 0 Å². The van der Waals surface area contributed by atoms with Gasteiger partial charge in [-0.1, -0.05) is 41.0 Å². The third-order valence-corrected chi connectivity index (χ3v) is 5.86. The van der Waals surface area contributed by atoms with E-state index in [9.17, 15) is 0 Å². The van der Waals surface area contributed by atoms with E-state index >= 15 is 0 Å². The predicted molar refractivity (Wildman–Crippen MR) is 94.8 cm³/mol. The maximum atomic E-state index is 3.86. The van der Waals surface area contributed by atoms with Crippen LogP contribution in [0.5, 0.6) is 0 Å². The molecule has 0 aromatic heterocycles. The number of hydrogen-bond acceptors (Lipinski definition) is 2. The normalized spacial score (nSPS) is 25.6. The van der Waals surface area contributed by atoms with Gasteiger partial charge < -0.3 is 10.2 Å². The highest BCUT2D eigenvalue weighted by Gasteiger charge is 2.31. The van der Waals surface area contributed by atoms with Gasteiger partial charge >= 0.3 is 0 Å². The van der Waals surface area contributed by atoms with Gasteiger partial charge in [-0.2, -0.15) is 0 Å². The van der Waals surface area contributed by atoms with E-state index in [1.165, 1.54) is 38.5 Å². The maximum Gasteiger partial charge on any atom is 0.0217 e. The molecule has 1 rings (SSSR count). The van der Waals surface area contributed by atoms with Gasteiger partial charge in [-0.25, -0.2) is 0 Å². The Bertz CT molecular complexity index is 275. The number of rotatable bonds is 8. The van der Waals surface area contributed by atoms with E-state index in [0.717, 1.165) is 24.4 Å². The monoisotopic (exact) mass is 296 g/mol. The number of hydrogen-bond donors (Lipinski definition) is 1. The fraction of sp³-hybridized carbons (Fsp3) is 1.00. The summed E-state index contributed by atoms with van der Waals surface area (Å²) in [5, 5.41) is 3.86. The zero-order valence-corrected chi connectivity index (χ0v) is 15.7. The molecule has 21 heavy (non-hydrogen) atoms. The van der Waals surface area contributed by atoms with E-state index in [0.29, 0.717) is 11.5 Å². The van der Waals surface area contributed by atoms with Crippen LogP contribution in [0.15, 0.2) is 0 Å². The lowest BCUT2D eigenvalue weighted by Gasteiger charge is -2.39. The summed E-state index contributed by atoms with van der Waals surface area (Å²) in [6, 6.07) is 1.43. The smallest absolute Gasteiger partial charge is 0.0217 e. The molecule has 1 fully saturated rings. The highest BCUT2D eigenvalue weighted by molar-refractivity contribution is 4.85. The molecule has 0 aromatic carbocycles. The van der Waals surface area contributed by atoms with Crippen LogP contribution in [0.4, 0.5) is 0 Å². The van der Waals surface area contributed by atoms with Crippen molar-refractivity contribution in [3.05, 3.63) is 0 Å². The zero-order valence-electron chi connectivity index (χ0n) is 15.7. The van der Waals surface area contributed by atoms with Crippen molar-refractivity contribution in [2.45, 2.75) is 85.2 Å². The first-order chi connectivity index (χ1) is 9.76. The standard InChI is InChI=1S/C19H40N2/c1-8-19(4,5)16-9-11-17(12-10-16)20-14-18(21(6)7)13-15(2)3/h15-18,20H,8-14H2,1-7H3. The first kappa shape index (κ1) is 19.0. The minimum atomic E-state index is 0.536. The first-order valence-electron chi connectivity index (χ1n) is 9.16. The van der Waals surface area contributed by atoms with Crippen molar-refractivity contribution in [3.63, 3.8) is 0 Å². The third kappa shape index (κ3) is 6.28. The lowest BCUT2D eigenvalue weighted by Crippen LogP contribution is -2.44. The van der Waals surface area contributed by atoms with Crippen LogP contribution in [0.25, 0.3) is 0 Å². The predicted octanol–water partition coefficient (Wildman–Crippen LogP) is 4.55. The second kappa shape index (κ2) is 8.53. The van der Waals surface area contributed by atoms with Crippen LogP contribution >= 0.6 is 0 Å². The van der Waals surface area contributed by atoms with Crippen LogP contribution in [0.2, 0.25) is 0 Å². The van der Waals surface area contributed by atoms with Gasteiger partial charge in [-0.15, -0.1) is 0 Å². The molecule has 1 aliphatic rings. The molecule has 1 atom stereocenters. The minimum Gasteiger partial charge on any atom is -0.312 e. The number of nitrogens with one attached hydrogen (secondary N) is 1. The summed E-state index contributed by atoms with van der Waals surface area (Å²) in [6.07, 6.45) is 8.17.